The molecule has 1 atom stereocenters. The number of hydrogen-bond acceptors (Lipinski definition) is 8. The van der Waals surface area contributed by atoms with E-state index in [9.17, 15) is 20.2 Å². The molecule has 10 nitrogen and oxygen atoms in total. The van der Waals surface area contributed by atoms with Gasteiger partial charge in [-0.15, -0.1) is 5.10 Å². The average molecular weight is 341 g/mol. The lowest BCUT2D eigenvalue weighted by Gasteiger charge is -2.23. The number of carbonyl (C=O) groups is 1. The molecule has 1 aromatic carbocycles. The van der Waals surface area contributed by atoms with Gasteiger partial charge in [0.1, 0.15) is 11.6 Å². The third-order valence-electron chi connectivity index (χ3n) is 3.77. The van der Waals surface area contributed by atoms with Gasteiger partial charge in [0.2, 0.25) is 11.8 Å². The molecule has 2 heterocycles. The Labute approximate surface area is 140 Å². The smallest absolute Gasteiger partial charge is 0.356 e. The summed E-state index contributed by atoms with van der Waals surface area (Å²) in [5, 5.41) is 26.7. The fourth-order valence-electron chi connectivity index (χ4n) is 2.62. The maximum atomic E-state index is 12.0. The van der Waals surface area contributed by atoms with Crippen LogP contribution < -0.4 is 10.5 Å². The summed E-state index contributed by atoms with van der Waals surface area (Å²) >= 11 is 0. The number of methoxy groups -OCH3 is 1. The molecule has 2 aromatic rings. The van der Waals surface area contributed by atoms with Crippen LogP contribution in [-0.4, -0.2) is 28.2 Å². The number of ether oxygens (including phenoxy) is 2. The van der Waals surface area contributed by atoms with Gasteiger partial charge < -0.3 is 15.2 Å². The van der Waals surface area contributed by atoms with E-state index in [4.69, 9.17) is 15.2 Å². The Balaban J connectivity index is 2.19. The molecule has 10 heteroatoms. The number of H-pyrrole nitrogens is 1. The third-order valence-corrected chi connectivity index (χ3v) is 3.77. The highest BCUT2D eigenvalue weighted by Gasteiger charge is 2.37. The number of allylic oxidation sites excluding steroid dienone is 1. The lowest BCUT2D eigenvalue weighted by molar-refractivity contribution is -0.384. The quantitative estimate of drug-likeness (QED) is 0.480. The van der Waals surface area contributed by atoms with E-state index in [1.807, 2.05) is 6.07 Å². The molecule has 0 aliphatic carbocycles. The number of nitro benzene ring substituents is 1. The van der Waals surface area contributed by atoms with Crippen LogP contribution in [0.2, 0.25) is 0 Å². The van der Waals surface area contributed by atoms with Gasteiger partial charge in [-0.1, -0.05) is 12.1 Å². The molecule has 0 saturated carbocycles. The summed E-state index contributed by atoms with van der Waals surface area (Å²) in [6.07, 6.45) is 0. The molecule has 0 bridgehead atoms. The van der Waals surface area contributed by atoms with E-state index in [0.717, 1.165) is 0 Å². The second-order valence-corrected chi connectivity index (χ2v) is 5.08. The summed E-state index contributed by atoms with van der Waals surface area (Å²) in [4.78, 5) is 22.3. The van der Waals surface area contributed by atoms with E-state index in [1.54, 1.807) is 0 Å². The van der Waals surface area contributed by atoms with Crippen molar-refractivity contribution < 1.29 is 19.2 Å². The van der Waals surface area contributed by atoms with Crippen LogP contribution in [-0.2, 0) is 4.74 Å². The monoisotopic (exact) mass is 341 g/mol. The molecule has 0 spiro atoms. The van der Waals surface area contributed by atoms with Crippen LogP contribution in [0.3, 0.4) is 0 Å². The highest BCUT2D eigenvalue weighted by Crippen LogP contribution is 2.43. The van der Waals surface area contributed by atoms with Crippen molar-refractivity contribution in [1.29, 1.82) is 5.26 Å². The number of hydrogen-bond donors (Lipinski definition) is 2. The fourth-order valence-corrected chi connectivity index (χ4v) is 2.62. The minimum Gasteiger partial charge on any atom is -0.464 e. The molecule has 1 aliphatic rings. The Morgan fingerprint density at radius 1 is 1.48 bits per heavy atom. The maximum Gasteiger partial charge on any atom is 0.356 e. The second-order valence-electron chi connectivity index (χ2n) is 5.08. The van der Waals surface area contributed by atoms with E-state index in [0.29, 0.717) is 5.56 Å². The number of nitrogens with two attached hydrogens (primary N) is 1. The highest BCUT2D eigenvalue weighted by molar-refractivity contribution is 5.90. The zero-order valence-electron chi connectivity index (χ0n) is 12.8. The molecule has 1 aromatic heterocycles. The number of esters is 1. The Morgan fingerprint density at radius 2 is 2.16 bits per heavy atom. The van der Waals surface area contributed by atoms with Crippen molar-refractivity contribution in [3.8, 4) is 11.9 Å². The van der Waals surface area contributed by atoms with Gasteiger partial charge in [-0.2, -0.15) is 5.26 Å². The normalized spacial score (nSPS) is 15.8. The highest BCUT2D eigenvalue weighted by atomic mass is 16.6. The first-order valence-electron chi connectivity index (χ1n) is 6.96. The van der Waals surface area contributed by atoms with E-state index in [2.05, 4.69) is 10.2 Å². The van der Waals surface area contributed by atoms with Gasteiger partial charge in [-0.25, -0.2) is 4.79 Å². The number of nitrogens with one attached hydrogen (secondary N) is 1. The topological polar surface area (TPSA) is 157 Å². The van der Waals surface area contributed by atoms with Crippen molar-refractivity contribution in [2.45, 2.75) is 5.92 Å². The third kappa shape index (κ3) is 2.53. The van der Waals surface area contributed by atoms with Crippen molar-refractivity contribution in [3.05, 3.63) is 62.7 Å². The lowest BCUT2D eigenvalue weighted by Crippen LogP contribution is -2.22. The summed E-state index contributed by atoms with van der Waals surface area (Å²) in [5.74, 6) is -1.58. The Hall–Kier alpha value is -3.87. The first kappa shape index (κ1) is 16.0. The minimum atomic E-state index is -0.776. The molecule has 3 rings (SSSR count). The predicted octanol–water partition coefficient (Wildman–Crippen LogP) is 1.32. The SMILES string of the molecule is COC(=O)c1[nH]nc2c1C(c1ccc([N+](=O)[O-])cc1)C(C#N)=C(N)O2. The van der Waals surface area contributed by atoms with E-state index >= 15 is 0 Å². The number of rotatable bonds is 3. The van der Waals surface area contributed by atoms with Gasteiger partial charge >= 0.3 is 5.97 Å². The van der Waals surface area contributed by atoms with Crippen molar-refractivity contribution in [2.24, 2.45) is 5.73 Å². The zero-order chi connectivity index (χ0) is 18.1. The molecule has 1 unspecified atom stereocenters. The van der Waals surface area contributed by atoms with Crippen LogP contribution in [0.4, 0.5) is 5.69 Å². The van der Waals surface area contributed by atoms with E-state index < -0.39 is 16.8 Å². The molecule has 0 amide bonds. The van der Waals surface area contributed by atoms with Crippen molar-refractivity contribution in [3.63, 3.8) is 0 Å². The molecule has 0 fully saturated rings. The number of benzene rings is 1. The van der Waals surface area contributed by atoms with E-state index in [-0.39, 0.29) is 34.3 Å². The second kappa shape index (κ2) is 5.97. The van der Waals surface area contributed by atoms with E-state index in [1.165, 1.54) is 31.4 Å². The summed E-state index contributed by atoms with van der Waals surface area (Å²) in [6.45, 7) is 0. The Morgan fingerprint density at radius 3 is 2.72 bits per heavy atom. The number of nitriles is 1. The van der Waals surface area contributed by atoms with Gasteiger partial charge in [0.25, 0.3) is 5.69 Å². The summed E-state index contributed by atoms with van der Waals surface area (Å²) in [7, 11) is 1.20. The predicted molar refractivity (Wildman–Crippen MR) is 82.3 cm³/mol. The number of aromatic amines is 1. The van der Waals surface area contributed by atoms with Crippen LogP contribution in [0.5, 0.6) is 5.88 Å². The van der Waals surface area contributed by atoms with Gasteiger partial charge in [0.05, 0.1) is 23.5 Å². The zero-order valence-corrected chi connectivity index (χ0v) is 12.8. The molecule has 0 radical (unpaired) electrons. The van der Waals surface area contributed by atoms with Gasteiger partial charge in [-0.3, -0.25) is 15.2 Å². The van der Waals surface area contributed by atoms with Crippen molar-refractivity contribution in [1.82, 2.24) is 10.2 Å². The number of nitrogens with zero attached hydrogens (tertiary/aromatic N) is 3. The molecular weight excluding hydrogens is 330 g/mol. The van der Waals surface area contributed by atoms with Crippen LogP contribution in [0.15, 0.2) is 35.7 Å². The molecule has 3 N–H and O–H groups in total. The average Bonchev–Trinajstić information content (AvgIpc) is 3.03. The Bertz CT molecular complexity index is 938. The van der Waals surface area contributed by atoms with Gasteiger partial charge in [0, 0.05) is 12.1 Å². The summed E-state index contributed by atoms with van der Waals surface area (Å²) in [6, 6.07) is 7.52. The van der Waals surface area contributed by atoms with Gasteiger partial charge in [-0.05, 0) is 5.56 Å². The largest absolute Gasteiger partial charge is 0.464 e. The van der Waals surface area contributed by atoms with Crippen LogP contribution in [0, 0.1) is 21.4 Å². The molecule has 25 heavy (non-hydrogen) atoms. The number of non-ortho nitro benzene ring substituents is 1. The Kier molecular flexibility index (Phi) is 3.82. The number of nitro groups is 1. The summed E-state index contributed by atoms with van der Waals surface area (Å²) in [5.41, 5.74) is 6.56. The summed E-state index contributed by atoms with van der Waals surface area (Å²) < 4.78 is 10.0. The van der Waals surface area contributed by atoms with Crippen LogP contribution >= 0.6 is 0 Å². The molecule has 1 aliphatic heterocycles. The maximum absolute atomic E-state index is 12.0. The van der Waals surface area contributed by atoms with Gasteiger partial charge in [0.15, 0.2) is 5.69 Å². The van der Waals surface area contributed by atoms with Crippen LogP contribution in [0.1, 0.15) is 27.5 Å². The first-order valence-corrected chi connectivity index (χ1v) is 6.96. The first-order chi connectivity index (χ1) is 12.0. The molecular formula is C15H11N5O5. The van der Waals surface area contributed by atoms with Crippen molar-refractivity contribution in [2.75, 3.05) is 7.11 Å². The van der Waals surface area contributed by atoms with Crippen molar-refractivity contribution >= 4 is 11.7 Å². The molecule has 126 valence electrons. The van der Waals surface area contributed by atoms with Crippen LogP contribution in [0.25, 0.3) is 0 Å². The minimum absolute atomic E-state index is 0.0149. The standard InChI is InChI=1S/C15H11N5O5/c1-24-15(21)12-11-10(7-2-4-8(5-3-7)20(22)23)9(6-16)13(17)25-14(11)19-18-12/h2-5,10H,17H2,1H3,(H,18,19). The number of carbonyl (C=O) groups excluding carboxylic acids is 1. The fraction of sp³-hybridized carbons (Fsp3) is 0.133. The number of aromatic nitrogens is 2. The lowest BCUT2D eigenvalue weighted by atomic mass is 9.84. The number of fused-ring (bicyclic) bond motifs is 1. The molecule has 0 saturated heterocycles.